The number of fused-ring (bicyclic) bond motifs is 1. The Balaban J connectivity index is 2.64. The van der Waals surface area contributed by atoms with Gasteiger partial charge in [-0.3, -0.25) is 0 Å². The maximum atomic E-state index is 11.5. The van der Waals surface area contributed by atoms with Crippen LogP contribution in [0.4, 0.5) is 0 Å². The predicted molar refractivity (Wildman–Crippen MR) is 83.4 cm³/mol. The molecule has 2 atom stereocenters. The van der Waals surface area contributed by atoms with Gasteiger partial charge >= 0.3 is 0 Å². The van der Waals surface area contributed by atoms with Crippen molar-refractivity contribution in [2.75, 3.05) is 12.0 Å². The molecule has 0 radical (unpaired) electrons. The summed E-state index contributed by atoms with van der Waals surface area (Å²) in [6, 6.07) is 5.09. The minimum Gasteiger partial charge on any atom is -0.323 e. The first kappa shape index (κ1) is 15.6. The van der Waals surface area contributed by atoms with E-state index in [9.17, 15) is 8.42 Å². The Morgan fingerprint density at radius 2 is 2.00 bits per heavy atom. The molecule has 0 saturated carbocycles. The first-order valence-corrected chi connectivity index (χ1v) is 9.05. The van der Waals surface area contributed by atoms with E-state index in [-0.39, 0.29) is 17.2 Å². The lowest BCUT2D eigenvalue weighted by Crippen LogP contribution is -2.18. The highest BCUT2D eigenvalue weighted by atomic mass is 35.5. The Hall–Kier alpha value is -0.780. The van der Waals surface area contributed by atoms with Crippen molar-refractivity contribution < 1.29 is 8.42 Å². The third-order valence-electron chi connectivity index (χ3n) is 3.02. The number of rotatable bonds is 4. The van der Waals surface area contributed by atoms with E-state index in [2.05, 4.69) is 4.98 Å². The van der Waals surface area contributed by atoms with Crippen LogP contribution in [0.3, 0.4) is 0 Å². The van der Waals surface area contributed by atoms with Crippen molar-refractivity contribution in [3.05, 3.63) is 29.0 Å². The quantitative estimate of drug-likeness (QED) is 0.802. The van der Waals surface area contributed by atoms with Gasteiger partial charge in [0.25, 0.3) is 0 Å². The summed E-state index contributed by atoms with van der Waals surface area (Å²) < 4.78 is 24.9. The van der Waals surface area contributed by atoms with Gasteiger partial charge in [0.15, 0.2) is 0 Å². The smallest absolute Gasteiger partial charge is 0.149 e. The van der Waals surface area contributed by atoms with Gasteiger partial charge in [-0.25, -0.2) is 13.4 Å². The van der Waals surface area contributed by atoms with E-state index in [0.29, 0.717) is 10.8 Å². The topological polar surface area (TPSA) is 52.0 Å². The molecule has 20 heavy (non-hydrogen) atoms. The van der Waals surface area contributed by atoms with Gasteiger partial charge in [0.05, 0.1) is 22.2 Å². The molecule has 0 bridgehead atoms. The van der Waals surface area contributed by atoms with E-state index >= 15 is 0 Å². The van der Waals surface area contributed by atoms with Crippen LogP contribution in [0.15, 0.2) is 18.2 Å². The maximum absolute atomic E-state index is 11.5. The Labute approximate surface area is 128 Å². The van der Waals surface area contributed by atoms with Crippen molar-refractivity contribution in [3.63, 3.8) is 0 Å². The molecule has 0 fully saturated rings. The number of benzene rings is 1. The molecule has 110 valence electrons. The lowest BCUT2D eigenvalue weighted by molar-refractivity contribution is 0.555. The highest BCUT2D eigenvalue weighted by Crippen LogP contribution is 2.30. The molecule has 0 saturated heterocycles. The van der Waals surface area contributed by atoms with E-state index in [1.165, 1.54) is 6.26 Å². The monoisotopic (exact) mass is 334 g/mol. The largest absolute Gasteiger partial charge is 0.323 e. The molecule has 2 unspecified atom stereocenters. The van der Waals surface area contributed by atoms with Gasteiger partial charge in [0, 0.05) is 17.3 Å². The van der Waals surface area contributed by atoms with E-state index in [1.54, 1.807) is 12.1 Å². The molecule has 1 aromatic heterocycles. The van der Waals surface area contributed by atoms with Gasteiger partial charge in [0.1, 0.15) is 15.7 Å². The third-order valence-corrected chi connectivity index (χ3v) is 4.54. The van der Waals surface area contributed by atoms with Crippen molar-refractivity contribution >= 4 is 44.1 Å². The molecular formula is C13H16Cl2N2O2S. The van der Waals surface area contributed by atoms with Crippen LogP contribution in [0, 0.1) is 0 Å². The molecule has 0 spiro atoms. The number of imidazole rings is 1. The van der Waals surface area contributed by atoms with Gasteiger partial charge < -0.3 is 4.57 Å². The Kier molecular flexibility index (Phi) is 4.33. The molecule has 0 aliphatic rings. The summed E-state index contributed by atoms with van der Waals surface area (Å²) in [7, 11) is -3.10. The Bertz CT molecular complexity index is 738. The van der Waals surface area contributed by atoms with Crippen LogP contribution in [0.25, 0.3) is 11.0 Å². The third kappa shape index (κ3) is 3.27. The fraction of sp³-hybridized carbons (Fsp3) is 0.462. The minimum atomic E-state index is -3.10. The molecule has 4 nitrogen and oxygen atoms in total. The number of nitrogens with zero attached hydrogens (tertiary/aromatic N) is 2. The predicted octanol–water partition coefficient (Wildman–Crippen LogP) is 3.60. The van der Waals surface area contributed by atoms with Gasteiger partial charge in [-0.05, 0) is 32.0 Å². The van der Waals surface area contributed by atoms with Crippen LogP contribution in [0.5, 0.6) is 0 Å². The first-order chi connectivity index (χ1) is 9.19. The maximum Gasteiger partial charge on any atom is 0.149 e. The zero-order valence-electron chi connectivity index (χ0n) is 11.5. The van der Waals surface area contributed by atoms with Gasteiger partial charge in [-0.15, -0.1) is 11.6 Å². The van der Waals surface area contributed by atoms with Crippen molar-refractivity contribution in [1.82, 2.24) is 9.55 Å². The fourth-order valence-corrected chi connectivity index (χ4v) is 3.69. The molecular weight excluding hydrogens is 319 g/mol. The average Bonchev–Trinajstić information content (AvgIpc) is 2.65. The zero-order chi connectivity index (χ0) is 15.1. The van der Waals surface area contributed by atoms with Crippen molar-refractivity contribution in [2.45, 2.75) is 25.3 Å². The van der Waals surface area contributed by atoms with Crippen molar-refractivity contribution in [1.29, 1.82) is 0 Å². The molecule has 7 heteroatoms. The highest BCUT2D eigenvalue weighted by molar-refractivity contribution is 7.90. The summed E-state index contributed by atoms with van der Waals surface area (Å²) in [4.78, 5) is 4.48. The molecule has 2 rings (SSSR count). The van der Waals surface area contributed by atoms with Gasteiger partial charge in [0.2, 0.25) is 0 Å². The molecule has 2 aromatic rings. The standard InChI is InChI=1S/C13H16Cl2N2O2S/c1-8(7-20(3,18)19)17-12-6-10(15)4-5-11(12)16-13(17)9(2)14/h4-6,8-9H,7H2,1-3H3. The second kappa shape index (κ2) is 5.54. The number of hydrogen-bond donors (Lipinski definition) is 0. The Morgan fingerprint density at radius 1 is 1.35 bits per heavy atom. The minimum absolute atomic E-state index is 0.0293. The summed E-state index contributed by atoms with van der Waals surface area (Å²) in [5, 5.41) is 0.266. The van der Waals surface area contributed by atoms with Gasteiger partial charge in [-0.2, -0.15) is 0 Å². The van der Waals surface area contributed by atoms with Crippen molar-refractivity contribution in [3.8, 4) is 0 Å². The second-order valence-corrected chi connectivity index (χ2v) is 8.31. The zero-order valence-corrected chi connectivity index (χ0v) is 13.8. The normalized spacial score (nSPS) is 15.4. The molecule has 0 N–H and O–H groups in total. The lowest BCUT2D eigenvalue weighted by atomic mass is 10.3. The van der Waals surface area contributed by atoms with Crippen LogP contribution < -0.4 is 0 Å². The molecule has 1 aromatic carbocycles. The fourth-order valence-electron chi connectivity index (χ4n) is 2.34. The number of sulfone groups is 1. The summed E-state index contributed by atoms with van der Waals surface area (Å²) in [6.45, 7) is 3.65. The summed E-state index contributed by atoms with van der Waals surface area (Å²) in [5.41, 5.74) is 1.56. The SMILES string of the molecule is CC(Cl)c1nc2ccc(Cl)cc2n1C(C)CS(C)(=O)=O. The van der Waals surface area contributed by atoms with Crippen LogP contribution in [-0.2, 0) is 9.84 Å². The number of aromatic nitrogens is 2. The number of halogens is 2. The molecule has 0 amide bonds. The molecule has 1 heterocycles. The van der Waals surface area contributed by atoms with Crippen LogP contribution in [-0.4, -0.2) is 30.0 Å². The number of hydrogen-bond acceptors (Lipinski definition) is 3. The van der Waals surface area contributed by atoms with Gasteiger partial charge in [-0.1, -0.05) is 11.6 Å². The summed E-state index contributed by atoms with van der Waals surface area (Å²) >= 11 is 12.2. The van der Waals surface area contributed by atoms with E-state index in [4.69, 9.17) is 23.2 Å². The van der Waals surface area contributed by atoms with E-state index < -0.39 is 9.84 Å². The highest BCUT2D eigenvalue weighted by Gasteiger charge is 2.21. The van der Waals surface area contributed by atoms with Crippen molar-refractivity contribution in [2.24, 2.45) is 0 Å². The number of alkyl halides is 1. The lowest BCUT2D eigenvalue weighted by Gasteiger charge is -2.17. The Morgan fingerprint density at radius 3 is 2.55 bits per heavy atom. The first-order valence-electron chi connectivity index (χ1n) is 6.18. The van der Waals surface area contributed by atoms with Crippen LogP contribution in [0.2, 0.25) is 5.02 Å². The molecule has 0 aliphatic heterocycles. The van der Waals surface area contributed by atoms with Crippen LogP contribution >= 0.6 is 23.2 Å². The van der Waals surface area contributed by atoms with E-state index in [0.717, 1.165) is 11.0 Å². The van der Waals surface area contributed by atoms with E-state index in [1.807, 2.05) is 24.5 Å². The average molecular weight is 335 g/mol. The molecule has 0 aliphatic carbocycles. The second-order valence-electron chi connectivity index (χ2n) is 5.03. The van der Waals surface area contributed by atoms with Crippen LogP contribution in [0.1, 0.15) is 31.1 Å². The summed E-state index contributed by atoms with van der Waals surface area (Å²) in [6.07, 6.45) is 1.22. The summed E-state index contributed by atoms with van der Waals surface area (Å²) in [5.74, 6) is 0.682.